The van der Waals surface area contributed by atoms with Crippen LogP contribution in [-0.4, -0.2) is 30.5 Å². The molecule has 9 nitrogen and oxygen atoms in total. The number of ether oxygens (including phenoxy) is 2. The molecule has 1 N–H and O–H groups in total. The number of amides is 1. The van der Waals surface area contributed by atoms with E-state index in [-0.39, 0.29) is 34.3 Å². The molecule has 0 radical (unpaired) electrons. The summed E-state index contributed by atoms with van der Waals surface area (Å²) < 4.78 is 9.67. The van der Waals surface area contributed by atoms with E-state index in [4.69, 9.17) is 16.3 Å². The fraction of sp³-hybridized carbons (Fsp3) is 0.105. The van der Waals surface area contributed by atoms with Gasteiger partial charge in [-0.1, -0.05) is 23.7 Å². The highest BCUT2D eigenvalue weighted by Gasteiger charge is 2.13. The van der Waals surface area contributed by atoms with Crippen molar-refractivity contribution in [1.82, 2.24) is 0 Å². The van der Waals surface area contributed by atoms with E-state index in [1.54, 1.807) is 6.07 Å². The maximum Gasteiger partial charge on any atom is 0.343 e. The SMILES string of the molecule is COC(=O)COc1ccc(/C=C(\C#N)C(=O)Nc2cccc([N+](=O)[O-])c2)cc1Cl. The van der Waals surface area contributed by atoms with Crippen molar-refractivity contribution in [3.63, 3.8) is 0 Å². The Hall–Kier alpha value is -3.90. The molecule has 10 heteroatoms. The molecule has 29 heavy (non-hydrogen) atoms. The van der Waals surface area contributed by atoms with E-state index in [1.165, 1.54) is 55.7 Å². The molecule has 1 amide bonds. The van der Waals surface area contributed by atoms with Crippen LogP contribution in [0.3, 0.4) is 0 Å². The average Bonchev–Trinajstić information content (AvgIpc) is 2.71. The summed E-state index contributed by atoms with van der Waals surface area (Å²) in [6.07, 6.45) is 1.29. The summed E-state index contributed by atoms with van der Waals surface area (Å²) >= 11 is 6.09. The smallest absolute Gasteiger partial charge is 0.343 e. The lowest BCUT2D eigenvalue weighted by Crippen LogP contribution is -2.13. The standard InChI is InChI=1S/C19H14ClN3O6/c1-28-18(24)11-29-17-6-5-12(8-16(17)20)7-13(10-21)19(25)22-14-3-2-4-15(9-14)23(26)27/h2-9H,11H2,1H3,(H,22,25)/b13-7+. The molecular weight excluding hydrogens is 402 g/mol. The molecule has 0 saturated carbocycles. The van der Waals surface area contributed by atoms with Gasteiger partial charge in [-0.25, -0.2) is 4.79 Å². The zero-order valence-electron chi connectivity index (χ0n) is 15.0. The van der Waals surface area contributed by atoms with Crippen LogP contribution in [0.25, 0.3) is 6.08 Å². The number of carbonyl (C=O) groups is 2. The number of nitro groups is 1. The molecule has 0 aliphatic rings. The number of carbonyl (C=O) groups excluding carboxylic acids is 2. The van der Waals surface area contributed by atoms with Crippen LogP contribution in [0.5, 0.6) is 5.75 Å². The van der Waals surface area contributed by atoms with E-state index in [1.807, 2.05) is 0 Å². The van der Waals surface area contributed by atoms with E-state index in [0.29, 0.717) is 5.56 Å². The maximum absolute atomic E-state index is 12.3. The number of rotatable bonds is 7. The number of halogens is 1. The molecular formula is C19H14ClN3O6. The van der Waals surface area contributed by atoms with Gasteiger partial charge in [-0.15, -0.1) is 0 Å². The van der Waals surface area contributed by atoms with Gasteiger partial charge in [0.1, 0.15) is 17.4 Å². The van der Waals surface area contributed by atoms with Gasteiger partial charge in [-0.3, -0.25) is 14.9 Å². The fourth-order valence-electron chi connectivity index (χ4n) is 2.13. The summed E-state index contributed by atoms with van der Waals surface area (Å²) in [4.78, 5) is 33.6. The second kappa shape index (κ2) is 9.87. The molecule has 0 bridgehead atoms. The Morgan fingerprint density at radius 3 is 2.69 bits per heavy atom. The maximum atomic E-state index is 12.3. The van der Waals surface area contributed by atoms with Crippen LogP contribution in [0, 0.1) is 21.4 Å². The van der Waals surface area contributed by atoms with Crippen molar-refractivity contribution < 1.29 is 24.0 Å². The Morgan fingerprint density at radius 2 is 2.07 bits per heavy atom. The first kappa shape index (κ1) is 21.4. The predicted octanol–water partition coefficient (Wildman–Crippen LogP) is 3.35. The first-order valence-electron chi connectivity index (χ1n) is 8.01. The minimum absolute atomic E-state index is 0.166. The Bertz CT molecular complexity index is 1030. The summed E-state index contributed by atoms with van der Waals surface area (Å²) in [5.74, 6) is -1.08. The molecule has 0 spiro atoms. The van der Waals surface area contributed by atoms with Crippen LogP contribution in [0.15, 0.2) is 48.0 Å². The third-order valence-corrected chi connectivity index (χ3v) is 3.82. The third-order valence-electron chi connectivity index (χ3n) is 3.52. The zero-order valence-corrected chi connectivity index (χ0v) is 15.8. The Balaban J connectivity index is 2.16. The van der Waals surface area contributed by atoms with Crippen LogP contribution < -0.4 is 10.1 Å². The van der Waals surface area contributed by atoms with Crippen LogP contribution >= 0.6 is 11.6 Å². The van der Waals surface area contributed by atoms with Crippen molar-refractivity contribution in [2.75, 3.05) is 19.0 Å². The van der Waals surface area contributed by atoms with Gasteiger partial charge in [-0.05, 0) is 29.8 Å². The number of nitrogens with zero attached hydrogens (tertiary/aromatic N) is 2. The molecule has 0 unspecified atom stereocenters. The van der Waals surface area contributed by atoms with Crippen molar-refractivity contribution in [3.05, 3.63) is 68.7 Å². The Kier molecular flexibility index (Phi) is 7.28. The second-order valence-corrected chi connectivity index (χ2v) is 5.89. The topological polar surface area (TPSA) is 132 Å². The molecule has 2 rings (SSSR count). The average molecular weight is 416 g/mol. The summed E-state index contributed by atoms with van der Waals surface area (Å²) in [6, 6.07) is 11.6. The third kappa shape index (κ3) is 6.05. The van der Waals surface area contributed by atoms with Crippen LogP contribution in [-0.2, 0) is 14.3 Å². The normalized spacial score (nSPS) is 10.6. The molecule has 0 heterocycles. The van der Waals surface area contributed by atoms with Gasteiger partial charge in [-0.2, -0.15) is 5.26 Å². The molecule has 0 saturated heterocycles. The van der Waals surface area contributed by atoms with Crippen molar-refractivity contribution in [1.29, 1.82) is 5.26 Å². The number of methoxy groups -OCH3 is 1. The van der Waals surface area contributed by atoms with Crippen molar-refractivity contribution in [2.45, 2.75) is 0 Å². The molecule has 0 aliphatic heterocycles. The van der Waals surface area contributed by atoms with Gasteiger partial charge in [0.2, 0.25) is 0 Å². The Labute approximate surface area is 170 Å². The quantitative estimate of drug-likeness (QED) is 0.241. The van der Waals surface area contributed by atoms with Crippen LogP contribution in [0.4, 0.5) is 11.4 Å². The van der Waals surface area contributed by atoms with Gasteiger partial charge in [0.05, 0.1) is 17.1 Å². The lowest BCUT2D eigenvalue weighted by molar-refractivity contribution is -0.384. The largest absolute Gasteiger partial charge is 0.480 e. The lowest BCUT2D eigenvalue weighted by Gasteiger charge is -2.08. The summed E-state index contributed by atoms with van der Waals surface area (Å²) in [6.45, 7) is -0.319. The minimum atomic E-state index is -0.741. The predicted molar refractivity (Wildman–Crippen MR) is 104 cm³/mol. The fourth-order valence-corrected chi connectivity index (χ4v) is 2.37. The number of non-ortho nitro benzene ring substituents is 1. The van der Waals surface area contributed by atoms with E-state index < -0.39 is 16.8 Å². The summed E-state index contributed by atoms with van der Waals surface area (Å²) in [7, 11) is 1.23. The van der Waals surface area contributed by atoms with E-state index in [9.17, 15) is 25.0 Å². The number of esters is 1. The monoisotopic (exact) mass is 415 g/mol. The molecule has 2 aromatic carbocycles. The number of nitriles is 1. The summed E-state index contributed by atoms with van der Waals surface area (Å²) in [5, 5.41) is 22.7. The van der Waals surface area contributed by atoms with Crippen molar-refractivity contribution in [2.24, 2.45) is 0 Å². The van der Waals surface area contributed by atoms with Gasteiger partial charge < -0.3 is 14.8 Å². The van der Waals surface area contributed by atoms with Gasteiger partial charge >= 0.3 is 5.97 Å². The number of nitrogens with one attached hydrogen (secondary N) is 1. The second-order valence-electron chi connectivity index (χ2n) is 5.49. The molecule has 148 valence electrons. The molecule has 2 aromatic rings. The summed E-state index contributed by atoms with van der Waals surface area (Å²) in [5.41, 5.74) is 0.177. The molecule has 0 atom stereocenters. The highest BCUT2D eigenvalue weighted by Crippen LogP contribution is 2.26. The number of hydrogen-bond acceptors (Lipinski definition) is 7. The number of hydrogen-bond donors (Lipinski definition) is 1. The molecule has 0 aliphatic carbocycles. The van der Waals surface area contributed by atoms with Crippen molar-refractivity contribution in [3.8, 4) is 11.8 Å². The highest BCUT2D eigenvalue weighted by atomic mass is 35.5. The Morgan fingerprint density at radius 1 is 1.31 bits per heavy atom. The number of benzene rings is 2. The first-order chi connectivity index (χ1) is 13.8. The van der Waals surface area contributed by atoms with Gasteiger partial charge in [0.15, 0.2) is 6.61 Å². The van der Waals surface area contributed by atoms with E-state index in [2.05, 4.69) is 10.1 Å². The lowest BCUT2D eigenvalue weighted by atomic mass is 10.1. The number of nitro benzene ring substituents is 1. The van der Waals surface area contributed by atoms with Gasteiger partial charge in [0.25, 0.3) is 11.6 Å². The zero-order chi connectivity index (χ0) is 21.4. The molecule has 0 fully saturated rings. The van der Waals surface area contributed by atoms with Crippen LogP contribution in [0.1, 0.15) is 5.56 Å². The minimum Gasteiger partial charge on any atom is -0.480 e. The molecule has 0 aromatic heterocycles. The van der Waals surface area contributed by atoms with E-state index >= 15 is 0 Å². The van der Waals surface area contributed by atoms with E-state index in [0.717, 1.165) is 0 Å². The van der Waals surface area contributed by atoms with Gasteiger partial charge in [0, 0.05) is 17.8 Å². The van der Waals surface area contributed by atoms with Crippen molar-refractivity contribution >= 4 is 40.9 Å². The number of anilines is 1. The van der Waals surface area contributed by atoms with Crippen LogP contribution in [0.2, 0.25) is 5.02 Å². The highest BCUT2D eigenvalue weighted by molar-refractivity contribution is 6.32. The first-order valence-corrected chi connectivity index (χ1v) is 8.38.